The van der Waals surface area contributed by atoms with Crippen LogP contribution < -0.4 is 10.6 Å². The van der Waals surface area contributed by atoms with Crippen LogP contribution in [0.4, 0.5) is 5.00 Å². The Balaban J connectivity index is 1.44. The zero-order chi connectivity index (χ0) is 17.8. The van der Waals surface area contributed by atoms with Crippen molar-refractivity contribution in [1.29, 1.82) is 0 Å². The Labute approximate surface area is 152 Å². The molecule has 2 aliphatic rings. The first-order valence-electron chi connectivity index (χ1n) is 9.04. The van der Waals surface area contributed by atoms with Gasteiger partial charge in [0.15, 0.2) is 0 Å². The fourth-order valence-corrected chi connectivity index (χ4v) is 3.80. The van der Waals surface area contributed by atoms with Crippen LogP contribution in [0.5, 0.6) is 0 Å². The van der Waals surface area contributed by atoms with Gasteiger partial charge in [0.1, 0.15) is 0 Å². The van der Waals surface area contributed by atoms with Gasteiger partial charge in [-0.2, -0.15) is 0 Å². The van der Waals surface area contributed by atoms with E-state index in [9.17, 15) is 9.59 Å². The fourth-order valence-electron chi connectivity index (χ4n) is 2.98. The number of carbonyl (C=O) groups is 2. The van der Waals surface area contributed by atoms with Gasteiger partial charge in [0.2, 0.25) is 5.91 Å². The largest absolute Gasteiger partial charge is 0.374 e. The summed E-state index contributed by atoms with van der Waals surface area (Å²) in [6, 6.07) is 3.55. The minimum absolute atomic E-state index is 0.0328. The third-order valence-corrected chi connectivity index (χ3v) is 5.36. The highest BCUT2D eigenvalue weighted by Crippen LogP contribution is 2.31. The average Bonchev–Trinajstić information content (AvgIpc) is 3.32. The summed E-state index contributed by atoms with van der Waals surface area (Å²) in [4.78, 5) is 27.1. The summed E-state index contributed by atoms with van der Waals surface area (Å²) in [7, 11) is 0. The van der Waals surface area contributed by atoms with E-state index in [0.29, 0.717) is 23.9 Å². The molecule has 7 heteroatoms. The van der Waals surface area contributed by atoms with Crippen molar-refractivity contribution in [2.24, 2.45) is 11.8 Å². The number of hydrogen-bond donors (Lipinski definition) is 2. The van der Waals surface area contributed by atoms with Gasteiger partial charge in [-0.1, -0.05) is 13.8 Å². The Kier molecular flexibility index (Phi) is 6.09. The van der Waals surface area contributed by atoms with Crippen molar-refractivity contribution < 1.29 is 14.3 Å². The predicted octanol–water partition coefficient (Wildman–Crippen LogP) is 2.18. The van der Waals surface area contributed by atoms with Crippen molar-refractivity contribution in [3.63, 3.8) is 0 Å². The third-order valence-electron chi connectivity index (χ3n) is 4.36. The molecule has 2 N–H and O–H groups in total. The molecular formula is C18H27N3O3S. The number of hydrogen-bond acceptors (Lipinski definition) is 5. The van der Waals surface area contributed by atoms with Crippen molar-refractivity contribution in [3.8, 4) is 0 Å². The number of anilines is 1. The van der Waals surface area contributed by atoms with Gasteiger partial charge in [-0.05, 0) is 30.9 Å². The second-order valence-corrected chi connectivity index (χ2v) is 8.37. The zero-order valence-electron chi connectivity index (χ0n) is 14.9. The van der Waals surface area contributed by atoms with Gasteiger partial charge in [0.05, 0.1) is 22.6 Å². The number of nitrogens with one attached hydrogen (secondary N) is 2. The predicted molar refractivity (Wildman–Crippen MR) is 99.0 cm³/mol. The van der Waals surface area contributed by atoms with E-state index < -0.39 is 0 Å². The maximum atomic E-state index is 12.3. The van der Waals surface area contributed by atoms with Crippen LogP contribution in [-0.4, -0.2) is 55.6 Å². The maximum absolute atomic E-state index is 12.3. The summed E-state index contributed by atoms with van der Waals surface area (Å²) in [5.74, 6) is 0.747. The fraction of sp³-hybridized carbons (Fsp3) is 0.667. The van der Waals surface area contributed by atoms with E-state index in [1.165, 1.54) is 11.3 Å². The summed E-state index contributed by atoms with van der Waals surface area (Å²) in [6.07, 6.45) is 1.98. The summed E-state index contributed by atoms with van der Waals surface area (Å²) in [5.41, 5.74) is 0. The molecule has 6 nitrogen and oxygen atoms in total. The van der Waals surface area contributed by atoms with Crippen LogP contribution >= 0.6 is 11.3 Å². The normalized spacial score (nSPS) is 21.3. The molecule has 0 radical (unpaired) electrons. The van der Waals surface area contributed by atoms with Crippen LogP contribution in [0.3, 0.4) is 0 Å². The van der Waals surface area contributed by atoms with E-state index in [1.54, 1.807) is 12.1 Å². The summed E-state index contributed by atoms with van der Waals surface area (Å²) < 4.78 is 5.76. The quantitative estimate of drug-likeness (QED) is 0.777. The Morgan fingerprint density at radius 3 is 2.88 bits per heavy atom. The lowest BCUT2D eigenvalue weighted by Gasteiger charge is -2.33. The van der Waals surface area contributed by atoms with Crippen molar-refractivity contribution in [2.45, 2.75) is 32.8 Å². The molecule has 2 heterocycles. The number of nitrogens with zero attached hydrogens (tertiary/aromatic N) is 1. The summed E-state index contributed by atoms with van der Waals surface area (Å²) in [5, 5.41) is 6.56. The molecule has 0 aromatic carbocycles. The maximum Gasteiger partial charge on any atom is 0.261 e. The van der Waals surface area contributed by atoms with E-state index in [4.69, 9.17) is 4.74 Å². The van der Waals surface area contributed by atoms with E-state index >= 15 is 0 Å². The summed E-state index contributed by atoms with van der Waals surface area (Å²) >= 11 is 1.31. The zero-order valence-corrected chi connectivity index (χ0v) is 15.7. The highest BCUT2D eigenvalue weighted by molar-refractivity contribution is 7.18. The molecule has 0 spiro atoms. The lowest BCUT2D eigenvalue weighted by molar-refractivity contribution is -0.117. The Morgan fingerprint density at radius 2 is 2.16 bits per heavy atom. The first kappa shape index (κ1) is 18.4. The molecule has 1 atom stereocenters. The highest BCUT2D eigenvalue weighted by Gasteiger charge is 2.30. The lowest BCUT2D eigenvalue weighted by Crippen LogP contribution is -2.48. The number of rotatable bonds is 7. The van der Waals surface area contributed by atoms with Gasteiger partial charge in [-0.25, -0.2) is 0 Å². The number of morpholine rings is 1. The van der Waals surface area contributed by atoms with Crippen molar-refractivity contribution in [3.05, 3.63) is 17.0 Å². The van der Waals surface area contributed by atoms with Crippen molar-refractivity contribution >= 4 is 28.2 Å². The monoisotopic (exact) mass is 365 g/mol. The number of amides is 2. The minimum atomic E-state index is -0.110. The molecule has 3 rings (SSSR count). The lowest BCUT2D eigenvalue weighted by atomic mass is 10.2. The van der Waals surface area contributed by atoms with Gasteiger partial charge in [-0.3, -0.25) is 14.5 Å². The standard InChI is InChI=1S/C18H27N3O3S/c1-12(2)10-21-7-8-24-14(11-21)9-19-18(23)15-5-6-16(25-15)20-17(22)13-3-4-13/h5-6,12-14H,3-4,7-11H2,1-2H3,(H,19,23)(H,20,22)/t14-/m1/s1. The second kappa shape index (κ2) is 8.29. The Hall–Kier alpha value is -1.44. The molecule has 1 aliphatic carbocycles. The molecule has 2 amide bonds. The molecule has 1 aromatic heterocycles. The van der Waals surface area contributed by atoms with Crippen LogP contribution in [0.25, 0.3) is 0 Å². The topological polar surface area (TPSA) is 70.7 Å². The van der Waals surface area contributed by atoms with E-state index in [1.807, 2.05) is 0 Å². The molecule has 1 aliphatic heterocycles. The van der Waals surface area contributed by atoms with Crippen LogP contribution in [0.2, 0.25) is 0 Å². The van der Waals surface area contributed by atoms with Gasteiger partial charge in [0.25, 0.3) is 5.91 Å². The van der Waals surface area contributed by atoms with Crippen LogP contribution in [0, 0.1) is 11.8 Å². The molecule has 2 fully saturated rings. The van der Waals surface area contributed by atoms with Gasteiger partial charge in [-0.15, -0.1) is 11.3 Å². The first-order valence-corrected chi connectivity index (χ1v) is 9.85. The number of carbonyl (C=O) groups excluding carboxylic acids is 2. The van der Waals surface area contributed by atoms with Crippen molar-refractivity contribution in [1.82, 2.24) is 10.2 Å². The van der Waals surface area contributed by atoms with Crippen molar-refractivity contribution in [2.75, 3.05) is 38.1 Å². The summed E-state index contributed by atoms with van der Waals surface area (Å²) in [6.45, 7) is 8.51. The number of ether oxygens (including phenoxy) is 1. The Morgan fingerprint density at radius 1 is 1.36 bits per heavy atom. The molecule has 1 aromatic rings. The SMILES string of the molecule is CC(C)CN1CCO[C@H](CNC(=O)c2ccc(NC(=O)C3CC3)s2)C1. The van der Waals surface area contributed by atoms with Crippen LogP contribution in [0.15, 0.2) is 12.1 Å². The van der Waals surface area contributed by atoms with Gasteiger partial charge < -0.3 is 15.4 Å². The second-order valence-electron chi connectivity index (χ2n) is 7.28. The smallest absolute Gasteiger partial charge is 0.261 e. The molecule has 0 unspecified atom stereocenters. The Bertz CT molecular complexity index is 612. The highest BCUT2D eigenvalue weighted by atomic mass is 32.1. The molecule has 138 valence electrons. The molecule has 1 saturated carbocycles. The van der Waals surface area contributed by atoms with Crippen LogP contribution in [0.1, 0.15) is 36.4 Å². The van der Waals surface area contributed by atoms with E-state index in [2.05, 4.69) is 29.4 Å². The van der Waals surface area contributed by atoms with E-state index in [0.717, 1.165) is 37.5 Å². The first-order chi connectivity index (χ1) is 12.0. The van der Waals surface area contributed by atoms with Crippen LogP contribution in [-0.2, 0) is 9.53 Å². The molecule has 1 saturated heterocycles. The number of thiophene rings is 1. The molecular weight excluding hydrogens is 338 g/mol. The minimum Gasteiger partial charge on any atom is -0.374 e. The molecule has 25 heavy (non-hydrogen) atoms. The van der Waals surface area contributed by atoms with Gasteiger partial charge >= 0.3 is 0 Å². The third kappa shape index (κ3) is 5.52. The van der Waals surface area contributed by atoms with Gasteiger partial charge in [0, 0.05) is 32.1 Å². The van der Waals surface area contributed by atoms with E-state index in [-0.39, 0.29) is 23.8 Å². The average molecular weight is 365 g/mol. The molecule has 0 bridgehead atoms.